The molecular weight excluding hydrogens is 322 g/mol. The molecular formula is C23H19NO2. The molecule has 3 heterocycles. The van der Waals surface area contributed by atoms with E-state index in [0.717, 1.165) is 35.7 Å². The lowest BCUT2D eigenvalue weighted by Gasteiger charge is -2.23. The molecule has 3 aliphatic rings. The third kappa shape index (κ3) is 2.76. The number of ether oxygens (including phenoxy) is 2. The third-order valence-electron chi connectivity index (χ3n) is 5.02. The molecule has 0 amide bonds. The first-order valence-electron chi connectivity index (χ1n) is 8.98. The van der Waals surface area contributed by atoms with Crippen LogP contribution in [0.15, 0.2) is 71.9 Å². The van der Waals surface area contributed by atoms with Crippen LogP contribution in [-0.2, 0) is 6.42 Å². The Hall–Kier alpha value is -3.07. The summed E-state index contributed by atoms with van der Waals surface area (Å²) in [6.45, 7) is 0.775. The molecule has 0 spiro atoms. The molecule has 0 aliphatic carbocycles. The average Bonchev–Trinajstić information content (AvgIpc) is 2.99. The van der Waals surface area contributed by atoms with Crippen LogP contribution >= 0.6 is 0 Å². The summed E-state index contributed by atoms with van der Waals surface area (Å²) in [6, 6.07) is 12.8. The zero-order chi connectivity index (χ0) is 17.3. The molecule has 2 unspecified atom stereocenters. The molecule has 2 aromatic carbocycles. The van der Waals surface area contributed by atoms with Crippen LogP contribution in [0, 0.1) is 0 Å². The third-order valence-corrected chi connectivity index (χ3v) is 5.02. The van der Waals surface area contributed by atoms with Gasteiger partial charge in [-0.25, -0.2) is 0 Å². The maximum atomic E-state index is 6.31. The van der Waals surface area contributed by atoms with E-state index in [4.69, 9.17) is 9.47 Å². The van der Waals surface area contributed by atoms with Crippen LogP contribution in [0.25, 0.3) is 6.08 Å². The highest BCUT2D eigenvalue weighted by Gasteiger charge is 2.21. The Morgan fingerprint density at radius 2 is 1.85 bits per heavy atom. The van der Waals surface area contributed by atoms with Gasteiger partial charge in [-0.2, -0.15) is 0 Å². The predicted octanol–water partition coefficient (Wildman–Crippen LogP) is 5.01. The summed E-state index contributed by atoms with van der Waals surface area (Å²) in [5.74, 6) is 2.07. The van der Waals surface area contributed by atoms with Crippen molar-refractivity contribution in [1.29, 1.82) is 0 Å². The fourth-order valence-corrected chi connectivity index (χ4v) is 3.58. The minimum Gasteiger partial charge on any atom is -0.493 e. The minimum absolute atomic E-state index is 0.0905. The van der Waals surface area contributed by atoms with Crippen molar-refractivity contribution < 1.29 is 9.47 Å². The normalized spacial score (nSPS) is 22.3. The molecule has 26 heavy (non-hydrogen) atoms. The molecule has 0 fully saturated rings. The standard InChI is InChI=1S/C23H19NO2/c1-2-11-24-15-20(3-1)18-6-4-16-8-9-21(26-23(16)13-18)19-7-5-17-10-12-25-22(17)14-19/h1-9,11,13-15,20-21H,10,12H2. The minimum atomic E-state index is -0.0905. The van der Waals surface area contributed by atoms with Gasteiger partial charge in [0.05, 0.1) is 6.61 Å². The van der Waals surface area contributed by atoms with Gasteiger partial charge < -0.3 is 9.47 Å². The van der Waals surface area contributed by atoms with E-state index in [0.29, 0.717) is 0 Å². The van der Waals surface area contributed by atoms with Gasteiger partial charge in [0.25, 0.3) is 0 Å². The van der Waals surface area contributed by atoms with E-state index in [-0.39, 0.29) is 12.0 Å². The molecule has 0 bridgehead atoms. The molecule has 2 atom stereocenters. The van der Waals surface area contributed by atoms with Gasteiger partial charge in [0.1, 0.15) is 17.6 Å². The first-order chi connectivity index (χ1) is 12.9. The van der Waals surface area contributed by atoms with Crippen molar-refractivity contribution in [2.75, 3.05) is 6.61 Å². The second-order valence-electron chi connectivity index (χ2n) is 6.71. The lowest BCUT2D eigenvalue weighted by atomic mass is 9.96. The highest BCUT2D eigenvalue weighted by atomic mass is 16.5. The van der Waals surface area contributed by atoms with Crippen molar-refractivity contribution in [2.45, 2.75) is 18.4 Å². The van der Waals surface area contributed by atoms with Gasteiger partial charge in [0.15, 0.2) is 0 Å². The highest BCUT2D eigenvalue weighted by molar-refractivity contribution is 5.73. The first-order valence-corrected chi connectivity index (χ1v) is 8.98. The Labute approximate surface area is 153 Å². The van der Waals surface area contributed by atoms with Gasteiger partial charge in [0, 0.05) is 30.3 Å². The van der Waals surface area contributed by atoms with Gasteiger partial charge in [0.2, 0.25) is 0 Å². The van der Waals surface area contributed by atoms with Crippen molar-refractivity contribution in [2.24, 2.45) is 4.99 Å². The van der Waals surface area contributed by atoms with Crippen molar-refractivity contribution in [3.05, 3.63) is 89.2 Å². The quantitative estimate of drug-likeness (QED) is 0.769. The zero-order valence-electron chi connectivity index (χ0n) is 14.3. The number of hydrogen-bond donors (Lipinski definition) is 0. The van der Waals surface area contributed by atoms with Crippen LogP contribution in [0.2, 0.25) is 0 Å². The van der Waals surface area contributed by atoms with Crippen LogP contribution < -0.4 is 9.47 Å². The Kier molecular flexibility index (Phi) is 3.71. The van der Waals surface area contributed by atoms with Gasteiger partial charge in [-0.3, -0.25) is 4.99 Å². The number of aliphatic imine (C=N–C) groups is 1. The average molecular weight is 341 g/mol. The molecule has 0 N–H and O–H groups in total. The molecule has 3 nitrogen and oxygen atoms in total. The SMILES string of the molecule is C1=CN=CC(c2ccc3c(c2)OC(c2ccc4c(c2)OCC4)C=C3)C=C1. The van der Waals surface area contributed by atoms with Crippen LogP contribution in [0.1, 0.15) is 34.3 Å². The molecule has 0 saturated heterocycles. The molecule has 3 heteroatoms. The fourth-order valence-electron chi connectivity index (χ4n) is 3.58. The second-order valence-corrected chi connectivity index (χ2v) is 6.71. The van der Waals surface area contributed by atoms with E-state index >= 15 is 0 Å². The molecule has 5 rings (SSSR count). The summed E-state index contributed by atoms with van der Waals surface area (Å²) in [6.07, 6.45) is 15.0. The van der Waals surface area contributed by atoms with Crippen molar-refractivity contribution in [1.82, 2.24) is 0 Å². The van der Waals surface area contributed by atoms with E-state index in [1.807, 2.05) is 18.4 Å². The molecule has 0 radical (unpaired) electrons. The number of benzene rings is 2. The summed E-state index contributed by atoms with van der Waals surface area (Å²) in [5.41, 5.74) is 4.69. The number of fused-ring (bicyclic) bond motifs is 2. The van der Waals surface area contributed by atoms with Gasteiger partial charge in [-0.1, -0.05) is 42.5 Å². The lowest BCUT2D eigenvalue weighted by Crippen LogP contribution is -2.10. The first kappa shape index (κ1) is 15.2. The summed E-state index contributed by atoms with van der Waals surface area (Å²) in [4.78, 5) is 4.30. The predicted molar refractivity (Wildman–Crippen MR) is 104 cm³/mol. The fraction of sp³-hybridized carbons (Fsp3) is 0.174. The maximum absolute atomic E-state index is 6.31. The summed E-state index contributed by atoms with van der Waals surface area (Å²) >= 11 is 0. The largest absolute Gasteiger partial charge is 0.493 e. The lowest BCUT2D eigenvalue weighted by molar-refractivity contribution is 0.251. The van der Waals surface area contributed by atoms with Gasteiger partial charge >= 0.3 is 0 Å². The summed E-state index contributed by atoms with van der Waals surface area (Å²) in [7, 11) is 0. The van der Waals surface area contributed by atoms with Crippen LogP contribution in [0.5, 0.6) is 11.5 Å². The van der Waals surface area contributed by atoms with Gasteiger partial charge in [-0.05, 0) is 41.0 Å². The Balaban J connectivity index is 1.44. The number of hydrogen-bond acceptors (Lipinski definition) is 3. The van der Waals surface area contributed by atoms with E-state index in [1.54, 1.807) is 6.20 Å². The summed E-state index contributed by atoms with van der Waals surface area (Å²) in [5, 5.41) is 0. The highest BCUT2D eigenvalue weighted by Crippen LogP contribution is 2.37. The molecule has 0 aromatic heterocycles. The van der Waals surface area contributed by atoms with E-state index in [1.165, 1.54) is 11.1 Å². The number of nitrogens with zero attached hydrogens (tertiary/aromatic N) is 1. The topological polar surface area (TPSA) is 30.8 Å². The molecule has 3 aliphatic heterocycles. The van der Waals surface area contributed by atoms with Crippen molar-refractivity contribution in [3.63, 3.8) is 0 Å². The Morgan fingerprint density at radius 3 is 2.85 bits per heavy atom. The maximum Gasteiger partial charge on any atom is 0.142 e. The van der Waals surface area contributed by atoms with Crippen LogP contribution in [0.3, 0.4) is 0 Å². The van der Waals surface area contributed by atoms with Crippen molar-refractivity contribution in [3.8, 4) is 11.5 Å². The summed E-state index contributed by atoms with van der Waals surface area (Å²) < 4.78 is 12.0. The van der Waals surface area contributed by atoms with E-state index < -0.39 is 0 Å². The second kappa shape index (κ2) is 6.34. The van der Waals surface area contributed by atoms with Crippen LogP contribution in [-0.4, -0.2) is 12.8 Å². The van der Waals surface area contributed by atoms with Crippen LogP contribution in [0.4, 0.5) is 0 Å². The smallest absolute Gasteiger partial charge is 0.142 e. The zero-order valence-corrected chi connectivity index (χ0v) is 14.3. The molecule has 128 valence electrons. The number of rotatable bonds is 2. The Morgan fingerprint density at radius 1 is 0.923 bits per heavy atom. The van der Waals surface area contributed by atoms with E-state index in [9.17, 15) is 0 Å². The van der Waals surface area contributed by atoms with E-state index in [2.05, 4.69) is 59.6 Å². The monoisotopic (exact) mass is 341 g/mol. The molecule has 0 saturated carbocycles. The molecule has 2 aromatic rings. The van der Waals surface area contributed by atoms with Crippen molar-refractivity contribution >= 4 is 12.3 Å². The van der Waals surface area contributed by atoms with Gasteiger partial charge in [-0.15, -0.1) is 0 Å². The number of allylic oxidation sites excluding steroid dienone is 3. The Bertz CT molecular complexity index is 952.